The minimum atomic E-state index is -0.334. The van der Waals surface area contributed by atoms with Crippen molar-refractivity contribution in [3.05, 3.63) is 58.4 Å². The lowest BCUT2D eigenvalue weighted by molar-refractivity contribution is 0.102. The zero-order valence-electron chi connectivity index (χ0n) is 11.1. The van der Waals surface area contributed by atoms with Gasteiger partial charge in [0, 0.05) is 23.4 Å². The van der Waals surface area contributed by atoms with Crippen LogP contribution in [0.1, 0.15) is 15.9 Å². The van der Waals surface area contributed by atoms with E-state index in [0.29, 0.717) is 27.5 Å². The van der Waals surface area contributed by atoms with E-state index in [1.54, 1.807) is 32.2 Å². The first-order valence-corrected chi connectivity index (χ1v) is 6.44. The lowest BCUT2D eigenvalue weighted by Gasteiger charge is -2.12. The van der Waals surface area contributed by atoms with Crippen LogP contribution in [-0.2, 0) is 0 Å². The Kier molecular flexibility index (Phi) is 4.25. The molecule has 20 heavy (non-hydrogen) atoms. The minimum absolute atomic E-state index is 0.299. The van der Waals surface area contributed by atoms with Crippen LogP contribution in [0.4, 0.5) is 15.8 Å². The van der Waals surface area contributed by atoms with Crippen molar-refractivity contribution in [2.24, 2.45) is 0 Å². The van der Waals surface area contributed by atoms with Crippen LogP contribution < -0.4 is 10.6 Å². The molecule has 0 aliphatic carbocycles. The predicted octanol–water partition coefficient (Wildman–Crippen LogP) is 4.08. The number of hydrogen-bond donors (Lipinski definition) is 2. The molecular weight excluding hydrogens is 279 g/mol. The molecule has 5 heteroatoms. The molecule has 0 radical (unpaired) electrons. The van der Waals surface area contributed by atoms with Crippen molar-refractivity contribution < 1.29 is 9.18 Å². The first-order valence-electron chi connectivity index (χ1n) is 6.06. The average Bonchev–Trinajstić information content (AvgIpc) is 2.41. The van der Waals surface area contributed by atoms with Gasteiger partial charge in [0.2, 0.25) is 0 Å². The fourth-order valence-corrected chi connectivity index (χ4v) is 2.05. The van der Waals surface area contributed by atoms with E-state index >= 15 is 0 Å². The van der Waals surface area contributed by atoms with E-state index in [-0.39, 0.29) is 11.7 Å². The van der Waals surface area contributed by atoms with Gasteiger partial charge in [-0.1, -0.05) is 11.6 Å². The number of carbonyl (C=O) groups is 1. The summed E-state index contributed by atoms with van der Waals surface area (Å²) in [5, 5.41) is 6.16. The van der Waals surface area contributed by atoms with Crippen LogP contribution in [0.3, 0.4) is 0 Å². The second kappa shape index (κ2) is 5.92. The Hall–Kier alpha value is -2.07. The van der Waals surface area contributed by atoms with E-state index in [9.17, 15) is 9.18 Å². The summed E-state index contributed by atoms with van der Waals surface area (Å²) in [4.78, 5) is 12.3. The molecule has 0 bridgehead atoms. The maximum absolute atomic E-state index is 13.0. The molecule has 2 aromatic carbocycles. The van der Waals surface area contributed by atoms with E-state index < -0.39 is 0 Å². The number of amides is 1. The lowest BCUT2D eigenvalue weighted by Crippen LogP contribution is -2.14. The highest BCUT2D eigenvalue weighted by Crippen LogP contribution is 2.23. The average molecular weight is 293 g/mol. The van der Waals surface area contributed by atoms with Crippen LogP contribution in [0.25, 0.3) is 0 Å². The van der Waals surface area contributed by atoms with Crippen LogP contribution in [-0.4, -0.2) is 13.0 Å². The third-order valence-corrected chi connectivity index (χ3v) is 3.17. The van der Waals surface area contributed by atoms with Crippen molar-refractivity contribution in [3.8, 4) is 0 Å². The summed E-state index contributed by atoms with van der Waals surface area (Å²) in [5.74, 6) is -0.634. The van der Waals surface area contributed by atoms with Gasteiger partial charge in [0.05, 0.1) is 5.56 Å². The fourth-order valence-electron chi connectivity index (χ4n) is 1.88. The molecule has 2 rings (SSSR count). The number of halogens is 2. The molecule has 0 aromatic heterocycles. The number of rotatable bonds is 3. The Bertz CT molecular complexity index is 658. The number of hydrogen-bond acceptors (Lipinski definition) is 2. The van der Waals surface area contributed by atoms with Crippen molar-refractivity contribution in [2.75, 3.05) is 17.7 Å². The molecule has 104 valence electrons. The third-order valence-electron chi connectivity index (χ3n) is 2.93. The van der Waals surface area contributed by atoms with Gasteiger partial charge in [-0.25, -0.2) is 4.39 Å². The molecule has 0 saturated carbocycles. The zero-order valence-corrected chi connectivity index (χ0v) is 11.9. The molecule has 0 fully saturated rings. The van der Waals surface area contributed by atoms with E-state index in [0.717, 1.165) is 0 Å². The smallest absolute Gasteiger partial charge is 0.257 e. The van der Waals surface area contributed by atoms with Crippen molar-refractivity contribution in [1.82, 2.24) is 0 Å². The highest BCUT2D eigenvalue weighted by atomic mass is 35.5. The number of carbonyl (C=O) groups excluding carboxylic acids is 1. The number of nitrogens with one attached hydrogen (secondary N) is 2. The number of benzene rings is 2. The Morgan fingerprint density at radius 2 is 1.85 bits per heavy atom. The molecular formula is C15H14ClFN2O. The maximum Gasteiger partial charge on any atom is 0.257 e. The Morgan fingerprint density at radius 1 is 1.15 bits per heavy atom. The second-order valence-corrected chi connectivity index (χ2v) is 4.79. The lowest BCUT2D eigenvalue weighted by atomic mass is 10.1. The Balaban J connectivity index is 2.30. The zero-order chi connectivity index (χ0) is 14.7. The molecule has 2 aromatic rings. The summed E-state index contributed by atoms with van der Waals surface area (Å²) >= 11 is 5.92. The van der Waals surface area contributed by atoms with Crippen molar-refractivity contribution in [3.63, 3.8) is 0 Å². The van der Waals surface area contributed by atoms with Crippen molar-refractivity contribution >= 4 is 28.9 Å². The first kappa shape index (κ1) is 14.3. The maximum atomic E-state index is 13.0. The summed E-state index contributed by atoms with van der Waals surface area (Å²) in [5.41, 5.74) is 2.33. The minimum Gasteiger partial charge on any atom is -0.387 e. The van der Waals surface area contributed by atoms with Gasteiger partial charge in [0.15, 0.2) is 0 Å². The SMILES string of the molecule is CNc1ccc(Cl)cc1C(=O)Nc1ccc(F)cc1C. The van der Waals surface area contributed by atoms with Crippen molar-refractivity contribution in [1.29, 1.82) is 0 Å². The highest BCUT2D eigenvalue weighted by molar-refractivity contribution is 6.31. The molecule has 3 nitrogen and oxygen atoms in total. The molecule has 1 amide bonds. The van der Waals surface area contributed by atoms with Gasteiger partial charge in [-0.2, -0.15) is 0 Å². The largest absolute Gasteiger partial charge is 0.387 e. The Labute approximate surface area is 121 Å². The Morgan fingerprint density at radius 3 is 2.50 bits per heavy atom. The molecule has 0 heterocycles. The van der Waals surface area contributed by atoms with E-state index in [4.69, 9.17) is 11.6 Å². The van der Waals surface area contributed by atoms with Crippen LogP contribution in [0.15, 0.2) is 36.4 Å². The predicted molar refractivity (Wildman–Crippen MR) is 80.1 cm³/mol. The highest BCUT2D eigenvalue weighted by Gasteiger charge is 2.13. The number of anilines is 2. The van der Waals surface area contributed by atoms with Gasteiger partial charge in [0.1, 0.15) is 5.82 Å². The van der Waals surface area contributed by atoms with Gasteiger partial charge < -0.3 is 10.6 Å². The van der Waals surface area contributed by atoms with Gasteiger partial charge in [-0.15, -0.1) is 0 Å². The molecule has 0 aliphatic rings. The summed E-state index contributed by atoms with van der Waals surface area (Å²) < 4.78 is 13.0. The topological polar surface area (TPSA) is 41.1 Å². The monoisotopic (exact) mass is 292 g/mol. The summed E-state index contributed by atoms with van der Waals surface area (Å²) in [7, 11) is 1.73. The summed E-state index contributed by atoms with van der Waals surface area (Å²) in [6.07, 6.45) is 0. The van der Waals surface area contributed by atoms with Gasteiger partial charge in [0.25, 0.3) is 5.91 Å². The van der Waals surface area contributed by atoms with Gasteiger partial charge in [-0.05, 0) is 48.9 Å². The van der Waals surface area contributed by atoms with Crippen molar-refractivity contribution in [2.45, 2.75) is 6.92 Å². The second-order valence-electron chi connectivity index (χ2n) is 4.35. The van der Waals surface area contributed by atoms with E-state index in [1.807, 2.05) is 0 Å². The van der Waals surface area contributed by atoms with E-state index in [1.165, 1.54) is 18.2 Å². The molecule has 0 spiro atoms. The standard InChI is InChI=1S/C15H14ClFN2O/c1-9-7-11(17)4-6-13(9)19-15(20)12-8-10(16)3-5-14(12)18-2/h3-8,18H,1-2H3,(H,19,20). The summed E-state index contributed by atoms with van der Waals surface area (Å²) in [6.45, 7) is 1.73. The first-order chi connectivity index (χ1) is 9.51. The van der Waals surface area contributed by atoms with Crippen LogP contribution in [0.2, 0.25) is 5.02 Å². The molecule has 0 saturated heterocycles. The van der Waals surface area contributed by atoms with Crippen LogP contribution >= 0.6 is 11.6 Å². The van der Waals surface area contributed by atoms with Crippen LogP contribution in [0, 0.1) is 12.7 Å². The normalized spacial score (nSPS) is 10.2. The number of aryl methyl sites for hydroxylation is 1. The molecule has 2 N–H and O–H groups in total. The molecule has 0 aliphatic heterocycles. The molecule has 0 atom stereocenters. The van der Waals surface area contributed by atoms with Gasteiger partial charge in [-0.3, -0.25) is 4.79 Å². The fraction of sp³-hybridized carbons (Fsp3) is 0.133. The van der Waals surface area contributed by atoms with Crippen LogP contribution in [0.5, 0.6) is 0 Å². The molecule has 0 unspecified atom stereocenters. The third kappa shape index (κ3) is 3.08. The van der Waals surface area contributed by atoms with Gasteiger partial charge >= 0.3 is 0 Å². The van der Waals surface area contributed by atoms with E-state index in [2.05, 4.69) is 10.6 Å². The summed E-state index contributed by atoms with van der Waals surface area (Å²) in [6, 6.07) is 9.22. The quantitative estimate of drug-likeness (QED) is 0.895.